The third kappa shape index (κ3) is 3.60. The Kier molecular flexibility index (Phi) is 5.47. The molecule has 2 nitrogen and oxygen atoms in total. The minimum atomic E-state index is -1.11. The van der Waals surface area contributed by atoms with Crippen molar-refractivity contribution in [1.29, 1.82) is 0 Å². The van der Waals surface area contributed by atoms with Gasteiger partial charge in [-0.25, -0.2) is 0 Å². The molecular formula is C33H34N2Si. The van der Waals surface area contributed by atoms with E-state index in [1.165, 1.54) is 75.0 Å². The minimum Gasteiger partial charge on any atom is -0.340 e. The van der Waals surface area contributed by atoms with Crippen LogP contribution in [0.1, 0.15) is 19.3 Å². The molecular weight excluding hydrogens is 452 g/mol. The molecule has 0 N–H and O–H groups in total. The average Bonchev–Trinajstić information content (AvgIpc) is 3.40. The lowest BCUT2D eigenvalue weighted by atomic mass is 10.2. The quantitative estimate of drug-likeness (QED) is 0.190. The van der Waals surface area contributed by atoms with Crippen LogP contribution in [-0.2, 0) is 13.1 Å². The first-order chi connectivity index (χ1) is 17.8. The summed E-state index contributed by atoms with van der Waals surface area (Å²) in [5.74, 6) is 0. The molecule has 4 aromatic carbocycles. The zero-order chi connectivity index (χ0) is 24.0. The van der Waals surface area contributed by atoms with Crippen LogP contribution >= 0.6 is 0 Å². The minimum absolute atomic E-state index is 1.11. The van der Waals surface area contributed by atoms with Crippen molar-refractivity contribution in [3.63, 3.8) is 0 Å². The number of rotatable bonds is 8. The van der Waals surface area contributed by atoms with E-state index in [1.807, 2.05) is 0 Å². The number of nitrogens with zero attached hydrogens (tertiary/aromatic N) is 2. The van der Waals surface area contributed by atoms with Gasteiger partial charge in [-0.2, -0.15) is 0 Å². The average molecular weight is 487 g/mol. The molecule has 180 valence electrons. The highest BCUT2D eigenvalue weighted by Crippen LogP contribution is 2.42. The molecule has 0 radical (unpaired) electrons. The fourth-order valence-corrected chi connectivity index (χ4v) is 11.4. The second kappa shape index (κ2) is 8.97. The lowest BCUT2D eigenvalue weighted by Crippen LogP contribution is -2.41. The zero-order valence-electron chi connectivity index (χ0n) is 21.0. The Morgan fingerprint density at radius 1 is 0.472 bits per heavy atom. The van der Waals surface area contributed by atoms with Crippen LogP contribution in [0, 0.1) is 0 Å². The largest absolute Gasteiger partial charge is 0.340 e. The van der Waals surface area contributed by atoms with Crippen LogP contribution in [0.2, 0.25) is 24.2 Å². The topological polar surface area (TPSA) is 9.86 Å². The molecule has 0 spiro atoms. The maximum Gasteiger partial charge on any atom is 0.0536 e. The van der Waals surface area contributed by atoms with E-state index < -0.39 is 8.07 Å². The molecule has 0 amide bonds. The van der Waals surface area contributed by atoms with Gasteiger partial charge in [0, 0.05) is 56.7 Å². The van der Waals surface area contributed by atoms with E-state index in [4.69, 9.17) is 0 Å². The van der Waals surface area contributed by atoms with Gasteiger partial charge in [0.1, 0.15) is 0 Å². The second-order valence-corrected chi connectivity index (χ2v) is 15.9. The molecule has 3 heteroatoms. The van der Waals surface area contributed by atoms with Gasteiger partial charge in [-0.1, -0.05) is 103 Å². The summed E-state index contributed by atoms with van der Waals surface area (Å²) in [6.45, 7) is 2.30. The van der Waals surface area contributed by atoms with Crippen LogP contribution < -0.4 is 0 Å². The van der Waals surface area contributed by atoms with E-state index in [1.54, 1.807) is 12.1 Å². The van der Waals surface area contributed by atoms with E-state index in [9.17, 15) is 0 Å². The number of aryl methyl sites for hydroxylation is 2. The van der Waals surface area contributed by atoms with Crippen molar-refractivity contribution in [3.05, 3.63) is 97.1 Å². The van der Waals surface area contributed by atoms with Gasteiger partial charge in [-0.05, 0) is 37.1 Å². The predicted octanol–water partition coefficient (Wildman–Crippen LogP) is 9.24. The lowest BCUT2D eigenvalue weighted by molar-refractivity contribution is 0.673. The van der Waals surface area contributed by atoms with Crippen LogP contribution in [0.25, 0.3) is 43.6 Å². The van der Waals surface area contributed by atoms with Crippen LogP contribution in [0.4, 0.5) is 0 Å². The van der Waals surface area contributed by atoms with E-state index in [0.717, 1.165) is 13.1 Å². The molecule has 2 aromatic heterocycles. The van der Waals surface area contributed by atoms with Crippen molar-refractivity contribution in [2.24, 2.45) is 0 Å². The predicted molar refractivity (Wildman–Crippen MR) is 158 cm³/mol. The van der Waals surface area contributed by atoms with Gasteiger partial charge in [-0.3, -0.25) is 0 Å². The zero-order valence-corrected chi connectivity index (χ0v) is 22.0. The first kappa shape index (κ1) is 21.9. The standard InChI is InChI=1S/C33H34N2Si/c1-5-16-30-26(12-1)27-13-2-6-17-31(27)34(30)20-9-22-36(24-11-25-36)23-10-21-35-32-18-7-3-14-28(32)29-15-4-8-19-33(29)35/h1-8,12-19H,9-11,20-25H2. The summed E-state index contributed by atoms with van der Waals surface area (Å²) in [5.41, 5.74) is 5.59. The van der Waals surface area contributed by atoms with Gasteiger partial charge in [0.15, 0.2) is 0 Å². The number of aromatic nitrogens is 2. The highest BCUT2D eigenvalue weighted by molar-refractivity contribution is 6.82. The van der Waals surface area contributed by atoms with E-state index in [-0.39, 0.29) is 0 Å². The Morgan fingerprint density at radius 3 is 1.11 bits per heavy atom. The third-order valence-electron chi connectivity index (χ3n) is 8.95. The molecule has 6 aromatic rings. The van der Waals surface area contributed by atoms with Crippen molar-refractivity contribution in [2.45, 2.75) is 56.5 Å². The molecule has 1 fully saturated rings. The Balaban J connectivity index is 1.07. The molecule has 0 aliphatic carbocycles. The van der Waals surface area contributed by atoms with Gasteiger partial charge in [0.2, 0.25) is 0 Å². The summed E-state index contributed by atoms with van der Waals surface area (Å²) in [6.07, 6.45) is 4.12. The van der Waals surface area contributed by atoms with Gasteiger partial charge in [0.25, 0.3) is 0 Å². The molecule has 36 heavy (non-hydrogen) atoms. The first-order valence-corrected chi connectivity index (χ1v) is 16.6. The molecule has 0 saturated carbocycles. The van der Waals surface area contributed by atoms with Crippen LogP contribution in [0.3, 0.4) is 0 Å². The second-order valence-electron chi connectivity index (χ2n) is 10.9. The van der Waals surface area contributed by atoms with E-state index in [0.29, 0.717) is 0 Å². The summed E-state index contributed by atoms with van der Waals surface area (Å²) in [5, 5.41) is 5.59. The monoisotopic (exact) mass is 486 g/mol. The van der Waals surface area contributed by atoms with Crippen LogP contribution in [0.5, 0.6) is 0 Å². The summed E-state index contributed by atoms with van der Waals surface area (Å²) in [6, 6.07) is 41.9. The number of hydrogen-bond acceptors (Lipinski definition) is 0. The van der Waals surface area contributed by atoms with Gasteiger partial charge in [0.05, 0.1) is 8.07 Å². The normalized spacial score (nSPS) is 15.2. The Bertz CT molecular complexity index is 1460. The van der Waals surface area contributed by atoms with Crippen LogP contribution in [0.15, 0.2) is 97.1 Å². The number of para-hydroxylation sites is 4. The van der Waals surface area contributed by atoms with Crippen molar-refractivity contribution in [1.82, 2.24) is 9.13 Å². The van der Waals surface area contributed by atoms with Crippen molar-refractivity contribution >= 4 is 51.7 Å². The number of fused-ring (bicyclic) bond motifs is 6. The SMILES string of the molecule is c1ccc2c(c1)c1ccccc1n2CCC[Si]1(CCCn2c3ccccc3c3ccccc32)CCC1. The maximum absolute atomic E-state index is 2.59. The Morgan fingerprint density at radius 2 is 0.806 bits per heavy atom. The summed E-state index contributed by atoms with van der Waals surface area (Å²) in [4.78, 5) is 0. The fourth-order valence-electron chi connectivity index (χ4n) is 7.01. The molecule has 1 aliphatic rings. The molecule has 0 atom stereocenters. The van der Waals surface area contributed by atoms with Crippen molar-refractivity contribution in [2.75, 3.05) is 0 Å². The maximum atomic E-state index is 2.59. The molecule has 3 heterocycles. The third-order valence-corrected chi connectivity index (χ3v) is 14.6. The smallest absolute Gasteiger partial charge is 0.0536 e. The molecule has 1 aliphatic heterocycles. The number of benzene rings is 4. The molecule has 7 rings (SSSR count). The lowest BCUT2D eigenvalue weighted by Gasteiger charge is -2.40. The Hall–Kier alpha value is -3.30. The molecule has 0 bridgehead atoms. The van der Waals surface area contributed by atoms with Gasteiger partial charge < -0.3 is 9.13 Å². The van der Waals surface area contributed by atoms with Crippen LogP contribution in [-0.4, -0.2) is 17.2 Å². The highest BCUT2D eigenvalue weighted by atomic mass is 28.3. The molecule has 1 saturated heterocycles. The highest BCUT2D eigenvalue weighted by Gasteiger charge is 2.38. The van der Waals surface area contributed by atoms with Crippen molar-refractivity contribution < 1.29 is 0 Å². The summed E-state index contributed by atoms with van der Waals surface area (Å²) in [7, 11) is -1.11. The Labute approximate surface area is 214 Å². The fraction of sp³-hybridized carbons (Fsp3) is 0.273. The first-order valence-electron chi connectivity index (χ1n) is 13.8. The molecule has 0 unspecified atom stereocenters. The van der Waals surface area contributed by atoms with E-state index >= 15 is 0 Å². The summed E-state index contributed by atoms with van der Waals surface area (Å²) < 4.78 is 5.17. The van der Waals surface area contributed by atoms with Crippen molar-refractivity contribution in [3.8, 4) is 0 Å². The van der Waals surface area contributed by atoms with E-state index in [2.05, 4.69) is 106 Å². The van der Waals surface area contributed by atoms with Gasteiger partial charge >= 0.3 is 0 Å². The number of hydrogen-bond donors (Lipinski definition) is 0. The van der Waals surface area contributed by atoms with Gasteiger partial charge in [-0.15, -0.1) is 0 Å². The summed E-state index contributed by atoms with van der Waals surface area (Å²) >= 11 is 0.